The average molecular weight is 293 g/mol. The van der Waals surface area contributed by atoms with Crippen LogP contribution in [0.5, 0.6) is 0 Å². The topological polar surface area (TPSA) is 115 Å². The number of nitrogens with zero attached hydrogens (tertiary/aromatic N) is 2. The van der Waals surface area contributed by atoms with Gasteiger partial charge in [0.1, 0.15) is 29.6 Å². The minimum Gasteiger partial charge on any atom is -0.444 e. The summed E-state index contributed by atoms with van der Waals surface area (Å²) in [6, 6.07) is 4.71. The number of carbonyl (C=O) groups is 1. The van der Waals surface area contributed by atoms with Crippen LogP contribution >= 0.6 is 0 Å². The van der Waals surface area contributed by atoms with Gasteiger partial charge in [-0.2, -0.15) is 5.26 Å². The van der Waals surface area contributed by atoms with Gasteiger partial charge in [0.25, 0.3) is 0 Å². The molecule has 1 heterocycles. The highest BCUT2D eigenvalue weighted by atomic mass is 16.6. The Morgan fingerprint density at radius 1 is 1.52 bits per heavy atom. The molecule has 1 rings (SSSR count). The van der Waals surface area contributed by atoms with Gasteiger partial charge in [0.15, 0.2) is 0 Å². The van der Waals surface area contributed by atoms with Crippen molar-refractivity contribution in [3.63, 3.8) is 0 Å². The maximum atomic E-state index is 11.4. The molecule has 0 saturated carbocycles. The number of aliphatic hydroxyl groups excluding tert-OH is 2. The summed E-state index contributed by atoms with van der Waals surface area (Å²) in [5.41, 5.74) is -0.153. The molecule has 0 saturated heterocycles. The van der Waals surface area contributed by atoms with Gasteiger partial charge in [0.2, 0.25) is 0 Å². The van der Waals surface area contributed by atoms with E-state index in [1.165, 1.54) is 18.3 Å². The van der Waals surface area contributed by atoms with E-state index in [0.717, 1.165) is 0 Å². The number of ether oxygens (including phenoxy) is 1. The van der Waals surface area contributed by atoms with Crippen molar-refractivity contribution in [3.8, 4) is 6.07 Å². The SMILES string of the molecule is CC(C)(C)OC(=O)NCC(O)C(O)c1ccnc(C#N)c1. The van der Waals surface area contributed by atoms with Crippen LogP contribution in [0.15, 0.2) is 18.3 Å². The molecule has 1 aromatic heterocycles. The van der Waals surface area contributed by atoms with Crippen molar-refractivity contribution in [1.29, 1.82) is 5.26 Å². The van der Waals surface area contributed by atoms with Crippen LogP contribution in [-0.4, -0.2) is 39.5 Å². The molecule has 0 aliphatic heterocycles. The Labute approximate surface area is 123 Å². The minimum atomic E-state index is -1.24. The molecule has 114 valence electrons. The van der Waals surface area contributed by atoms with Crippen molar-refractivity contribution < 1.29 is 19.7 Å². The van der Waals surface area contributed by atoms with Gasteiger partial charge in [-0.3, -0.25) is 0 Å². The van der Waals surface area contributed by atoms with Gasteiger partial charge in [-0.1, -0.05) is 0 Å². The predicted molar refractivity (Wildman–Crippen MR) is 74.2 cm³/mol. The van der Waals surface area contributed by atoms with Gasteiger partial charge in [0.05, 0.1) is 0 Å². The summed E-state index contributed by atoms with van der Waals surface area (Å²) in [5.74, 6) is 0. The number of hydrogen-bond donors (Lipinski definition) is 3. The molecule has 0 radical (unpaired) electrons. The van der Waals surface area contributed by atoms with Gasteiger partial charge in [-0.15, -0.1) is 0 Å². The Morgan fingerprint density at radius 3 is 2.76 bits per heavy atom. The van der Waals surface area contributed by atoms with Crippen LogP contribution in [0, 0.1) is 11.3 Å². The maximum Gasteiger partial charge on any atom is 0.407 e. The normalized spacial score (nSPS) is 13.9. The Hall–Kier alpha value is -2.17. The third-order valence-electron chi connectivity index (χ3n) is 2.46. The lowest BCUT2D eigenvalue weighted by Crippen LogP contribution is -2.38. The second-order valence-electron chi connectivity index (χ2n) is 5.48. The molecule has 0 aliphatic rings. The summed E-state index contributed by atoms with van der Waals surface area (Å²) in [7, 11) is 0. The van der Waals surface area contributed by atoms with Gasteiger partial charge >= 0.3 is 6.09 Å². The third kappa shape index (κ3) is 5.77. The number of hydrogen-bond acceptors (Lipinski definition) is 6. The monoisotopic (exact) mass is 293 g/mol. The van der Waals surface area contributed by atoms with Crippen molar-refractivity contribution >= 4 is 6.09 Å². The molecule has 1 aromatic rings. The molecule has 1 amide bonds. The summed E-state index contributed by atoms with van der Waals surface area (Å²) >= 11 is 0. The smallest absolute Gasteiger partial charge is 0.407 e. The van der Waals surface area contributed by atoms with E-state index in [4.69, 9.17) is 10.00 Å². The van der Waals surface area contributed by atoms with E-state index in [9.17, 15) is 15.0 Å². The fraction of sp³-hybridized carbons (Fsp3) is 0.500. The molecule has 2 unspecified atom stereocenters. The number of amides is 1. The molecule has 0 fully saturated rings. The summed E-state index contributed by atoms with van der Waals surface area (Å²) in [5, 5.41) is 30.9. The highest BCUT2D eigenvalue weighted by Crippen LogP contribution is 2.16. The van der Waals surface area contributed by atoms with Crippen LogP contribution in [0.4, 0.5) is 4.79 Å². The van der Waals surface area contributed by atoms with Crippen molar-refractivity contribution in [1.82, 2.24) is 10.3 Å². The minimum absolute atomic E-state index is 0.138. The molecule has 0 bridgehead atoms. The van der Waals surface area contributed by atoms with Crippen LogP contribution in [0.2, 0.25) is 0 Å². The molecular formula is C14H19N3O4. The van der Waals surface area contributed by atoms with Crippen molar-refractivity contribution in [2.45, 2.75) is 38.6 Å². The summed E-state index contributed by atoms with van der Waals surface area (Å²) in [4.78, 5) is 15.2. The predicted octanol–water partition coefficient (Wildman–Crippen LogP) is 0.872. The van der Waals surface area contributed by atoms with Gasteiger partial charge in [-0.25, -0.2) is 9.78 Å². The number of nitrogens with one attached hydrogen (secondary N) is 1. The Morgan fingerprint density at radius 2 is 2.19 bits per heavy atom. The Bertz CT molecular complexity index is 534. The van der Waals surface area contributed by atoms with E-state index in [1.807, 2.05) is 6.07 Å². The van der Waals surface area contributed by atoms with Gasteiger partial charge < -0.3 is 20.3 Å². The molecule has 3 N–H and O–H groups in total. The highest BCUT2D eigenvalue weighted by Gasteiger charge is 2.21. The van der Waals surface area contributed by atoms with Crippen LogP contribution in [0.3, 0.4) is 0 Å². The first kappa shape index (κ1) is 16.9. The van der Waals surface area contributed by atoms with E-state index in [2.05, 4.69) is 10.3 Å². The van der Waals surface area contributed by atoms with Gasteiger partial charge in [-0.05, 0) is 38.5 Å². The summed E-state index contributed by atoms with van der Waals surface area (Å²) < 4.78 is 5.01. The molecular weight excluding hydrogens is 274 g/mol. The average Bonchev–Trinajstić information content (AvgIpc) is 2.42. The molecule has 21 heavy (non-hydrogen) atoms. The molecule has 0 aliphatic carbocycles. The first-order chi connectivity index (χ1) is 9.73. The van der Waals surface area contributed by atoms with Crippen LogP contribution < -0.4 is 5.32 Å². The molecule has 7 nitrogen and oxygen atoms in total. The number of pyridine rings is 1. The fourth-order valence-corrected chi connectivity index (χ4v) is 1.53. The molecule has 0 aromatic carbocycles. The lowest BCUT2D eigenvalue weighted by molar-refractivity contribution is 0.0129. The number of rotatable bonds is 4. The Balaban J connectivity index is 2.57. The molecule has 0 spiro atoms. The zero-order chi connectivity index (χ0) is 16.0. The van der Waals surface area contributed by atoms with E-state index in [1.54, 1.807) is 20.8 Å². The third-order valence-corrected chi connectivity index (χ3v) is 2.46. The molecule has 2 atom stereocenters. The van der Waals surface area contributed by atoms with E-state index in [0.29, 0.717) is 5.56 Å². The van der Waals surface area contributed by atoms with Crippen molar-refractivity contribution in [2.24, 2.45) is 0 Å². The largest absolute Gasteiger partial charge is 0.444 e. The number of aliphatic hydroxyl groups is 2. The second-order valence-corrected chi connectivity index (χ2v) is 5.48. The highest BCUT2D eigenvalue weighted by molar-refractivity contribution is 5.67. The zero-order valence-corrected chi connectivity index (χ0v) is 12.2. The van der Waals surface area contributed by atoms with E-state index in [-0.39, 0.29) is 12.2 Å². The molecule has 7 heteroatoms. The number of alkyl carbamates (subject to hydrolysis) is 1. The lowest BCUT2D eigenvalue weighted by atomic mass is 10.0. The second kappa shape index (κ2) is 7.02. The van der Waals surface area contributed by atoms with Crippen molar-refractivity contribution in [2.75, 3.05) is 6.54 Å². The van der Waals surface area contributed by atoms with Crippen LogP contribution in [0.25, 0.3) is 0 Å². The lowest BCUT2D eigenvalue weighted by Gasteiger charge is -2.22. The summed E-state index contributed by atoms with van der Waals surface area (Å²) in [6.45, 7) is 4.98. The number of aromatic nitrogens is 1. The van der Waals surface area contributed by atoms with Gasteiger partial charge in [0, 0.05) is 12.7 Å². The Kier molecular flexibility index (Phi) is 5.64. The zero-order valence-electron chi connectivity index (χ0n) is 12.2. The number of carbonyl (C=O) groups excluding carboxylic acids is 1. The fourth-order valence-electron chi connectivity index (χ4n) is 1.53. The van der Waals surface area contributed by atoms with E-state index < -0.39 is 23.9 Å². The first-order valence-corrected chi connectivity index (χ1v) is 6.42. The number of nitriles is 1. The quantitative estimate of drug-likeness (QED) is 0.758. The van der Waals surface area contributed by atoms with Crippen molar-refractivity contribution in [3.05, 3.63) is 29.6 Å². The first-order valence-electron chi connectivity index (χ1n) is 6.42. The van der Waals surface area contributed by atoms with Crippen LogP contribution in [-0.2, 0) is 4.74 Å². The van der Waals surface area contributed by atoms with Crippen LogP contribution in [0.1, 0.15) is 38.1 Å². The van der Waals surface area contributed by atoms with E-state index >= 15 is 0 Å². The maximum absolute atomic E-state index is 11.4. The standard InChI is InChI=1S/C14H19N3O4/c1-14(2,3)21-13(20)17-8-11(18)12(19)9-4-5-16-10(6-9)7-15/h4-6,11-12,18-19H,8H2,1-3H3,(H,17,20). The summed E-state index contributed by atoms with van der Waals surface area (Å²) in [6.07, 6.45) is -1.78.